The van der Waals surface area contributed by atoms with Crippen molar-refractivity contribution in [3.63, 3.8) is 0 Å². The van der Waals surface area contributed by atoms with Crippen LogP contribution in [0.1, 0.15) is 17.0 Å². The van der Waals surface area contributed by atoms with Crippen LogP contribution in [0.25, 0.3) is 11.5 Å². The summed E-state index contributed by atoms with van der Waals surface area (Å²) in [4.78, 5) is 16.8. The zero-order chi connectivity index (χ0) is 20.2. The van der Waals surface area contributed by atoms with E-state index in [-0.39, 0.29) is 19.1 Å². The quantitative estimate of drug-likeness (QED) is 0.662. The van der Waals surface area contributed by atoms with Gasteiger partial charge in [-0.1, -0.05) is 18.2 Å². The van der Waals surface area contributed by atoms with Crippen LogP contribution in [0.3, 0.4) is 0 Å². The lowest BCUT2D eigenvalue weighted by atomic mass is 10.1. The van der Waals surface area contributed by atoms with Gasteiger partial charge in [0, 0.05) is 6.54 Å². The molecular formula is C22H22N2O5. The molecule has 0 spiro atoms. The van der Waals surface area contributed by atoms with Crippen molar-refractivity contribution in [2.24, 2.45) is 0 Å². The van der Waals surface area contributed by atoms with Crippen molar-refractivity contribution in [3.8, 4) is 28.7 Å². The first-order valence-corrected chi connectivity index (χ1v) is 9.39. The first kappa shape index (κ1) is 18.9. The molecule has 0 atom stereocenters. The van der Waals surface area contributed by atoms with Gasteiger partial charge in [0.15, 0.2) is 11.5 Å². The van der Waals surface area contributed by atoms with Crippen LogP contribution in [0.5, 0.6) is 17.2 Å². The number of nitrogens with zero attached hydrogens (tertiary/aromatic N) is 1. The van der Waals surface area contributed by atoms with Gasteiger partial charge in [-0.15, -0.1) is 0 Å². The van der Waals surface area contributed by atoms with E-state index in [4.69, 9.17) is 18.6 Å². The first-order chi connectivity index (χ1) is 14.1. The molecule has 7 nitrogen and oxygen atoms in total. The van der Waals surface area contributed by atoms with E-state index in [0.29, 0.717) is 36.1 Å². The van der Waals surface area contributed by atoms with Crippen molar-refractivity contribution in [2.45, 2.75) is 19.8 Å². The molecular weight excluding hydrogens is 372 g/mol. The fourth-order valence-electron chi connectivity index (χ4n) is 3.19. The number of rotatable bonds is 7. The summed E-state index contributed by atoms with van der Waals surface area (Å²) in [5.41, 5.74) is 2.45. The molecule has 150 valence electrons. The third-order valence-electron chi connectivity index (χ3n) is 4.73. The van der Waals surface area contributed by atoms with E-state index in [1.54, 1.807) is 14.0 Å². The maximum Gasteiger partial charge on any atom is 0.231 e. The van der Waals surface area contributed by atoms with Crippen molar-refractivity contribution in [2.75, 3.05) is 20.4 Å². The maximum atomic E-state index is 12.3. The molecule has 1 aliphatic rings. The Morgan fingerprint density at radius 2 is 2.00 bits per heavy atom. The third kappa shape index (κ3) is 4.18. The van der Waals surface area contributed by atoms with Crippen LogP contribution in [0.2, 0.25) is 0 Å². The number of ether oxygens (including phenoxy) is 3. The highest BCUT2D eigenvalue weighted by Gasteiger charge is 2.17. The number of carbonyl (C=O) groups is 1. The summed E-state index contributed by atoms with van der Waals surface area (Å²) < 4.78 is 21.8. The molecule has 1 aromatic heterocycles. The molecule has 0 bridgehead atoms. The molecule has 0 aliphatic carbocycles. The van der Waals surface area contributed by atoms with E-state index < -0.39 is 0 Å². The molecule has 29 heavy (non-hydrogen) atoms. The average Bonchev–Trinajstić information content (AvgIpc) is 3.34. The van der Waals surface area contributed by atoms with Crippen molar-refractivity contribution >= 4 is 5.91 Å². The predicted octanol–water partition coefficient (Wildman–Crippen LogP) is 3.29. The highest BCUT2D eigenvalue weighted by atomic mass is 16.7. The van der Waals surface area contributed by atoms with Gasteiger partial charge >= 0.3 is 0 Å². The number of nitrogens with one attached hydrogen (secondary N) is 1. The lowest BCUT2D eigenvalue weighted by Crippen LogP contribution is -2.27. The molecule has 2 heterocycles. The number of carbonyl (C=O) groups excluding carboxylic acids is 1. The second-order valence-corrected chi connectivity index (χ2v) is 6.69. The Morgan fingerprint density at radius 1 is 1.17 bits per heavy atom. The standard InChI is InChI=1S/C22H22N2O5/c1-14-17(24-22(29-14)16-5-3-4-6-18(16)26-2)12-21(25)23-10-9-15-7-8-19-20(11-15)28-13-27-19/h3-8,11H,9-10,12-13H2,1-2H3,(H,23,25). The number of aromatic nitrogens is 1. The predicted molar refractivity (Wildman–Crippen MR) is 106 cm³/mol. The molecule has 0 saturated carbocycles. The highest BCUT2D eigenvalue weighted by Crippen LogP contribution is 2.32. The van der Waals surface area contributed by atoms with E-state index >= 15 is 0 Å². The van der Waals surface area contributed by atoms with E-state index in [2.05, 4.69) is 10.3 Å². The number of benzene rings is 2. The van der Waals surface area contributed by atoms with Gasteiger partial charge in [0.1, 0.15) is 11.5 Å². The van der Waals surface area contributed by atoms with E-state index in [1.165, 1.54) is 0 Å². The van der Waals surface area contributed by atoms with Gasteiger partial charge in [-0.2, -0.15) is 0 Å². The average molecular weight is 394 g/mol. The van der Waals surface area contributed by atoms with Crippen LogP contribution in [-0.4, -0.2) is 31.3 Å². The first-order valence-electron chi connectivity index (χ1n) is 9.39. The number of fused-ring (bicyclic) bond motifs is 1. The van der Waals surface area contributed by atoms with Gasteiger partial charge in [-0.3, -0.25) is 4.79 Å². The lowest BCUT2D eigenvalue weighted by molar-refractivity contribution is -0.120. The Bertz CT molecular complexity index is 1030. The van der Waals surface area contributed by atoms with Crippen molar-refractivity contribution < 1.29 is 23.4 Å². The summed E-state index contributed by atoms with van der Waals surface area (Å²) in [6, 6.07) is 13.3. The molecule has 7 heteroatoms. The molecule has 0 fully saturated rings. The van der Waals surface area contributed by atoms with Crippen LogP contribution >= 0.6 is 0 Å². The molecule has 0 saturated heterocycles. The van der Waals surface area contributed by atoms with Crippen LogP contribution in [0.15, 0.2) is 46.9 Å². The molecule has 1 aliphatic heterocycles. The van der Waals surface area contributed by atoms with E-state index in [9.17, 15) is 4.79 Å². The summed E-state index contributed by atoms with van der Waals surface area (Å²) in [5, 5.41) is 2.93. The molecule has 2 aromatic carbocycles. The minimum absolute atomic E-state index is 0.103. The number of amides is 1. The summed E-state index contributed by atoms with van der Waals surface area (Å²) in [6.07, 6.45) is 0.859. The highest BCUT2D eigenvalue weighted by molar-refractivity contribution is 5.78. The molecule has 0 unspecified atom stereocenters. The van der Waals surface area contributed by atoms with E-state index in [1.807, 2.05) is 42.5 Å². The Hall–Kier alpha value is -3.48. The molecule has 0 radical (unpaired) electrons. The fourth-order valence-corrected chi connectivity index (χ4v) is 3.19. The number of para-hydroxylation sites is 1. The zero-order valence-electron chi connectivity index (χ0n) is 16.4. The second kappa shape index (κ2) is 8.26. The summed E-state index contributed by atoms with van der Waals surface area (Å²) in [6.45, 7) is 2.58. The lowest BCUT2D eigenvalue weighted by Gasteiger charge is -2.05. The molecule has 1 N–H and O–H groups in total. The topological polar surface area (TPSA) is 82.8 Å². The van der Waals surface area contributed by atoms with Crippen LogP contribution in [0.4, 0.5) is 0 Å². The van der Waals surface area contributed by atoms with Gasteiger partial charge in [-0.25, -0.2) is 4.98 Å². The Labute approximate surface area is 168 Å². The Morgan fingerprint density at radius 3 is 2.86 bits per heavy atom. The van der Waals surface area contributed by atoms with Gasteiger partial charge in [0.2, 0.25) is 18.6 Å². The number of hydrogen-bond donors (Lipinski definition) is 1. The smallest absolute Gasteiger partial charge is 0.231 e. The number of hydrogen-bond acceptors (Lipinski definition) is 6. The fraction of sp³-hybridized carbons (Fsp3) is 0.273. The van der Waals surface area contributed by atoms with Crippen molar-refractivity contribution in [3.05, 3.63) is 59.5 Å². The molecule has 3 aromatic rings. The van der Waals surface area contributed by atoms with Crippen molar-refractivity contribution in [1.29, 1.82) is 0 Å². The normalized spacial score (nSPS) is 12.1. The minimum atomic E-state index is -0.103. The van der Waals surface area contributed by atoms with Gasteiger partial charge in [0.25, 0.3) is 0 Å². The SMILES string of the molecule is COc1ccccc1-c1nc(CC(=O)NCCc2ccc3c(c2)OCO3)c(C)o1. The number of aryl methyl sites for hydroxylation is 1. The number of oxazole rings is 1. The third-order valence-corrected chi connectivity index (χ3v) is 4.73. The molecule has 1 amide bonds. The minimum Gasteiger partial charge on any atom is -0.496 e. The van der Waals surface area contributed by atoms with Gasteiger partial charge < -0.3 is 23.9 Å². The van der Waals surface area contributed by atoms with Gasteiger partial charge in [-0.05, 0) is 43.2 Å². The summed E-state index contributed by atoms with van der Waals surface area (Å²) in [5.74, 6) is 3.14. The Kier molecular flexibility index (Phi) is 5.37. The monoisotopic (exact) mass is 394 g/mol. The van der Waals surface area contributed by atoms with Crippen LogP contribution in [-0.2, 0) is 17.6 Å². The maximum absolute atomic E-state index is 12.3. The zero-order valence-corrected chi connectivity index (χ0v) is 16.4. The van der Waals surface area contributed by atoms with E-state index in [0.717, 1.165) is 22.6 Å². The molecule has 4 rings (SSSR count). The Balaban J connectivity index is 1.34. The van der Waals surface area contributed by atoms with Crippen molar-refractivity contribution in [1.82, 2.24) is 10.3 Å². The summed E-state index contributed by atoms with van der Waals surface area (Å²) in [7, 11) is 1.60. The number of methoxy groups -OCH3 is 1. The van der Waals surface area contributed by atoms with Crippen LogP contribution in [0, 0.1) is 6.92 Å². The second-order valence-electron chi connectivity index (χ2n) is 6.69. The van der Waals surface area contributed by atoms with Crippen LogP contribution < -0.4 is 19.5 Å². The van der Waals surface area contributed by atoms with Gasteiger partial charge in [0.05, 0.1) is 24.8 Å². The summed E-state index contributed by atoms with van der Waals surface area (Å²) >= 11 is 0. The largest absolute Gasteiger partial charge is 0.496 e.